The Balaban J connectivity index is 1.08. The molecule has 6 aromatic rings. The Hall–Kier alpha value is -14.4. The second-order valence-corrected chi connectivity index (χ2v) is 35.7. The molecule has 3 aromatic carbocycles. The molecule has 0 unspecified atom stereocenters. The third kappa shape index (κ3) is 30.1. The molecule has 14 atom stereocenters. The van der Waals surface area contributed by atoms with Crippen molar-refractivity contribution in [2.45, 2.75) is 248 Å². The lowest BCUT2D eigenvalue weighted by atomic mass is 9.99. The van der Waals surface area contributed by atoms with Crippen LogP contribution in [0.5, 0.6) is 5.75 Å². The van der Waals surface area contributed by atoms with E-state index in [9.17, 15) is 72.9 Å². The van der Waals surface area contributed by atoms with E-state index in [4.69, 9.17) is 17.2 Å². The molecule has 748 valence electrons. The van der Waals surface area contributed by atoms with Crippen molar-refractivity contribution in [3.63, 3.8) is 0 Å². The first-order chi connectivity index (χ1) is 65.6. The number of phenols is 1. The molecule has 0 radical (unpaired) electrons. The number of H-pyrrole nitrogens is 2. The monoisotopic (exact) mass is 1920 g/mol. The molecule has 0 spiro atoms. The number of carboxylic acid groups (broad SMARTS) is 1. The molecule has 45 heteroatoms. The van der Waals surface area contributed by atoms with Crippen molar-refractivity contribution >= 4 is 134 Å². The molecule has 0 aliphatic carbocycles. The van der Waals surface area contributed by atoms with E-state index in [1.165, 1.54) is 80.5 Å². The average molecular weight is 1920 g/mol. The fourth-order valence-corrected chi connectivity index (χ4v) is 17.3. The van der Waals surface area contributed by atoms with Gasteiger partial charge in [0.1, 0.15) is 90.8 Å². The molecule has 45 nitrogen and oxygen atoms in total. The molecule has 18 amide bonds. The molecule has 3 aliphatic rings. The summed E-state index contributed by atoms with van der Waals surface area (Å²) in [6, 6.07) is -0.707. The summed E-state index contributed by atoms with van der Waals surface area (Å²) in [6.45, 7) is 5.21. The fraction of sp³-hybridized carbons (Fsp3) is 0.527. The van der Waals surface area contributed by atoms with Crippen molar-refractivity contribution in [3.8, 4) is 5.75 Å². The number of imidazole rings is 1. The second-order valence-electron chi connectivity index (χ2n) is 35.7. The number of phenolic OH excluding ortho intramolecular Hbond substituents is 1. The minimum atomic E-state index is -1.79. The molecule has 6 heterocycles. The third-order valence-corrected chi connectivity index (χ3v) is 24.8. The van der Waals surface area contributed by atoms with E-state index in [2.05, 4.69) is 73.4 Å². The number of aromatic hydroxyl groups is 1. The predicted octanol–water partition coefficient (Wildman–Crippen LogP) is -3.09. The van der Waals surface area contributed by atoms with Crippen LogP contribution in [0.4, 0.5) is 0 Å². The summed E-state index contributed by atoms with van der Waals surface area (Å²) < 4.78 is 1.43. The Labute approximate surface area is 796 Å². The van der Waals surface area contributed by atoms with Gasteiger partial charge in [0.15, 0.2) is 0 Å². The number of para-hydroxylation sites is 2. The Bertz CT molecular complexity index is 5370. The molecule has 0 bridgehead atoms. The topological polar surface area (TPSA) is 661 Å². The molecule has 3 saturated heterocycles. The van der Waals surface area contributed by atoms with Crippen LogP contribution in [0.2, 0.25) is 0 Å². The minimum absolute atomic E-state index is 0.00685. The lowest BCUT2D eigenvalue weighted by Crippen LogP contribution is -2.60. The van der Waals surface area contributed by atoms with Gasteiger partial charge < -0.3 is 130 Å². The molecule has 3 aromatic heterocycles. The molecule has 22 N–H and O–H groups in total. The van der Waals surface area contributed by atoms with E-state index < -0.39 is 255 Å². The van der Waals surface area contributed by atoms with Gasteiger partial charge in [-0.3, -0.25) is 91.1 Å². The smallest absolute Gasteiger partial charge is 0.323 e. The van der Waals surface area contributed by atoms with E-state index in [-0.39, 0.29) is 101 Å². The van der Waals surface area contributed by atoms with Crippen molar-refractivity contribution in [1.82, 2.24) is 103 Å². The van der Waals surface area contributed by atoms with Crippen LogP contribution in [0.15, 0.2) is 97.7 Å². The van der Waals surface area contributed by atoms with Crippen LogP contribution < -0.4 is 75.7 Å². The maximum atomic E-state index is 15.8. The number of aliphatic carboxylic acids is 1. The maximum absolute atomic E-state index is 15.8. The van der Waals surface area contributed by atoms with Crippen molar-refractivity contribution in [2.75, 3.05) is 60.4 Å². The quantitative estimate of drug-likeness (QED) is 0.0256. The number of carboxylic acids is 1. The van der Waals surface area contributed by atoms with Crippen molar-refractivity contribution in [3.05, 3.63) is 120 Å². The highest BCUT2D eigenvalue weighted by atomic mass is 16.4. The Morgan fingerprint density at radius 3 is 1.80 bits per heavy atom. The van der Waals surface area contributed by atoms with Gasteiger partial charge in [0.25, 0.3) is 0 Å². The van der Waals surface area contributed by atoms with Gasteiger partial charge in [-0.15, -0.1) is 0 Å². The van der Waals surface area contributed by atoms with E-state index in [1.54, 1.807) is 68.6 Å². The summed E-state index contributed by atoms with van der Waals surface area (Å²) in [5, 5.41) is 62.1. The number of primary amides is 3. The summed E-state index contributed by atoms with van der Waals surface area (Å²) in [5.74, 6) is -18.4. The number of amides is 18. The molecular weight excluding hydrogens is 1790 g/mol. The molecular formula is C93H129N23O22. The van der Waals surface area contributed by atoms with Crippen LogP contribution in [0.1, 0.15) is 153 Å². The van der Waals surface area contributed by atoms with E-state index in [0.717, 1.165) is 19.6 Å². The van der Waals surface area contributed by atoms with Crippen molar-refractivity contribution in [2.24, 2.45) is 23.1 Å². The number of rotatable bonds is 26. The molecule has 3 fully saturated rings. The number of unbranched alkanes of at least 4 members (excludes halogenated alkanes) is 2. The van der Waals surface area contributed by atoms with Crippen LogP contribution in [-0.4, -0.2) is 317 Å². The number of nitrogens with one attached hydrogen (secondary N) is 13. The van der Waals surface area contributed by atoms with Gasteiger partial charge >= 0.3 is 5.97 Å². The number of aromatic amines is 2. The predicted molar refractivity (Wildman–Crippen MR) is 499 cm³/mol. The average Bonchev–Trinajstić information content (AvgIpc) is 1.62. The Morgan fingerprint density at radius 2 is 1.14 bits per heavy atom. The highest BCUT2D eigenvalue weighted by Gasteiger charge is 2.47. The number of benzene rings is 3. The number of carbonyl (C=O) groups excluding carboxylic acids is 18. The van der Waals surface area contributed by atoms with E-state index in [1.807, 2.05) is 13.8 Å². The lowest BCUT2D eigenvalue weighted by Gasteiger charge is -2.36. The van der Waals surface area contributed by atoms with Gasteiger partial charge in [0.2, 0.25) is 106 Å². The number of carbonyl (C=O) groups is 19. The number of nitrogens with two attached hydrogens (primary N) is 3. The standard InChI is InChI=1S/C93H129N23O22/c1-9-11-23-71-86(131)107-64(35-51(3)4)84(129)105-62(82(127)100-44-77(96)121)22-17-33-97-45-78(122)103-67(36-53-27-29-57(117)30-28-53)89(134)111(6)52(5)81(126)110-69(41-76(95)120)92(137)115-34-18-26-72(115)87(132)109-66(39-56-43-98-50-102-56)85(130)106-63(31-32-75(94)119)91(136)116-48-58(118)40-74(116)88(133)108-65(37-54-42-99-61-21-15-13-19-59(54)61)83(128)101-46-79(123)104-68(90(135)113(8)73(24-12-10-2)93(138)112(71)7)38-55-47-114(49-80(124)125)70-25-16-14-20-60(55)70/h13-16,19-21,25,27-30,42-43,47,50-52,58,62-69,71-74,97,99,117-118H,9-12,17-18,22-24,26,31-41,44-46,48-49H2,1-8H3,(H2,94,119)(H2,95,120)(H2,96,121)(H,98,102)(H,100,127)(H,101,128)(H,103,122)(H,104,123)(H,105,129)(H,106,130)(H,107,131)(H,108,133)(H,109,132)(H,110,126)(H,124,125)/t52-,58+,62-,63-,64-,65-,66-,67-,68-,69-,71-,72-,73-,74-/m0/s1. The van der Waals surface area contributed by atoms with Crippen LogP contribution >= 0.6 is 0 Å². The number of aromatic nitrogens is 4. The number of aliphatic hydroxyl groups excluding tert-OH is 1. The highest BCUT2D eigenvalue weighted by Crippen LogP contribution is 2.29. The van der Waals surface area contributed by atoms with Gasteiger partial charge in [-0.25, -0.2) is 4.98 Å². The zero-order chi connectivity index (χ0) is 101. The minimum Gasteiger partial charge on any atom is -0.508 e. The zero-order valence-corrected chi connectivity index (χ0v) is 78.7. The molecule has 138 heavy (non-hydrogen) atoms. The molecule has 0 saturated carbocycles. The SMILES string of the molecule is CCCC[C@H]1C(=O)N(C)[C@@H](CCCC)C(=O)N[C@@H](CC(C)C)C(=O)N[C@H](C(=O)NCC(N)=O)CCCNCC(=O)N[C@@H](Cc2ccc(O)cc2)C(=O)N(C)[C@@H](C)C(=O)N[C@@H](CC(N)=O)C(=O)N2CCC[C@H]2C(=O)N[C@@H](Cc2cnc[nH]2)C(=O)N[C@@H](CCC(N)=O)C(=O)N2C[C@H](O)C[C@H]2C(=O)N[C@@H](Cc2c[nH]c3ccccc23)C(=O)NCC(=O)N[C@@H](Cc2cn(CC(=O)O)c3ccccc23)C(=O)N1C. The third-order valence-electron chi connectivity index (χ3n) is 24.8. The van der Waals surface area contributed by atoms with Crippen LogP contribution in [0.25, 0.3) is 21.8 Å². The lowest BCUT2D eigenvalue weighted by molar-refractivity contribution is -0.149. The summed E-state index contributed by atoms with van der Waals surface area (Å²) >= 11 is 0. The van der Waals surface area contributed by atoms with Crippen LogP contribution in [-0.2, 0) is 123 Å². The summed E-state index contributed by atoms with van der Waals surface area (Å²) in [7, 11) is 3.93. The van der Waals surface area contributed by atoms with E-state index >= 15 is 33.6 Å². The van der Waals surface area contributed by atoms with Gasteiger partial charge in [0.05, 0.1) is 38.5 Å². The van der Waals surface area contributed by atoms with Crippen molar-refractivity contribution < 1.29 is 106 Å². The van der Waals surface area contributed by atoms with Gasteiger partial charge in [-0.05, 0) is 112 Å². The van der Waals surface area contributed by atoms with Gasteiger partial charge in [0, 0.05) is 119 Å². The summed E-state index contributed by atoms with van der Waals surface area (Å²) in [4.78, 5) is 289. The number of fused-ring (bicyclic) bond motifs is 4. The number of hydrogen-bond acceptors (Lipinski definition) is 23. The first-order valence-corrected chi connectivity index (χ1v) is 46.3. The first kappa shape index (κ1) is 107. The molecule has 3 aliphatic heterocycles. The van der Waals surface area contributed by atoms with Crippen molar-refractivity contribution in [1.29, 1.82) is 0 Å². The summed E-state index contributed by atoms with van der Waals surface area (Å²) in [5.41, 5.74) is 19.4. The van der Waals surface area contributed by atoms with Gasteiger partial charge in [-0.2, -0.15) is 0 Å². The highest BCUT2D eigenvalue weighted by molar-refractivity contribution is 6.02. The molecule has 9 rings (SSSR count). The fourth-order valence-electron chi connectivity index (χ4n) is 17.3. The number of nitrogens with zero attached hydrogens (tertiary/aromatic N) is 7. The second kappa shape index (κ2) is 51.0. The zero-order valence-electron chi connectivity index (χ0n) is 78.7. The normalized spacial score (nSPS) is 24.1. The number of likely N-dealkylation sites (N-methyl/N-ethyl adjacent to an activating group) is 3. The van der Waals surface area contributed by atoms with E-state index in [0.29, 0.717) is 64.2 Å². The van der Waals surface area contributed by atoms with Crippen LogP contribution in [0, 0.1) is 5.92 Å². The van der Waals surface area contributed by atoms with Crippen LogP contribution in [0.3, 0.4) is 0 Å². The number of hydrogen-bond donors (Lipinski definition) is 19. The maximum Gasteiger partial charge on any atom is 0.323 e. The summed E-state index contributed by atoms with van der Waals surface area (Å²) in [6.07, 6.45) is 2.24. The first-order valence-electron chi connectivity index (χ1n) is 46.3. The Morgan fingerprint density at radius 1 is 0.551 bits per heavy atom. The van der Waals surface area contributed by atoms with Gasteiger partial charge in [-0.1, -0.05) is 102 Å². The Kier molecular flexibility index (Phi) is 39.6. The largest absolute Gasteiger partial charge is 0.508 e. The number of aliphatic hydroxyl groups is 1.